The zero-order valence-electron chi connectivity index (χ0n) is 26.2. The number of ether oxygens (including phenoxy) is 1. The number of nitrogens with zero attached hydrogens (tertiary/aromatic N) is 4. The molecule has 1 aliphatic rings. The molecule has 0 fully saturated rings. The summed E-state index contributed by atoms with van der Waals surface area (Å²) in [5.74, 6) is 0.187. The van der Waals surface area contributed by atoms with Crippen LogP contribution in [-0.2, 0) is 16.1 Å². The first-order valence-electron chi connectivity index (χ1n) is 15.2. The normalized spacial score (nSPS) is 15.3. The third kappa shape index (κ3) is 6.24. The van der Waals surface area contributed by atoms with Crippen LogP contribution in [0.4, 0.5) is 11.4 Å². The number of carbonyl (C=O) groups is 2. The summed E-state index contributed by atoms with van der Waals surface area (Å²) in [6.45, 7) is 9.47. The number of aromatic nitrogens is 2. The Balaban J connectivity index is 1.22. The Morgan fingerprint density at radius 1 is 0.955 bits per heavy atom. The molecule has 0 aliphatic carbocycles. The van der Waals surface area contributed by atoms with Crippen LogP contribution >= 0.6 is 0 Å². The van der Waals surface area contributed by atoms with Crippen molar-refractivity contribution in [2.45, 2.75) is 53.1 Å². The molecule has 9 nitrogen and oxygen atoms in total. The van der Waals surface area contributed by atoms with Gasteiger partial charge in [0.2, 0.25) is 11.8 Å². The maximum Gasteiger partial charge on any atom is 0.258 e. The van der Waals surface area contributed by atoms with E-state index < -0.39 is 5.41 Å². The number of rotatable bonds is 11. The second-order valence-corrected chi connectivity index (χ2v) is 11.9. The molecule has 3 heterocycles. The quantitative estimate of drug-likeness (QED) is 0.188. The fourth-order valence-electron chi connectivity index (χ4n) is 5.83. The highest BCUT2D eigenvalue weighted by Gasteiger charge is 2.45. The van der Waals surface area contributed by atoms with Crippen LogP contribution in [0.5, 0.6) is 5.75 Å². The van der Waals surface area contributed by atoms with E-state index in [4.69, 9.17) is 4.74 Å². The van der Waals surface area contributed by atoms with E-state index >= 15 is 0 Å². The lowest BCUT2D eigenvalue weighted by Crippen LogP contribution is -2.47. The monoisotopic (exact) mass is 595 g/mol. The molecule has 2 amide bonds. The number of anilines is 2. The third-order valence-electron chi connectivity index (χ3n) is 8.42. The molecular weight excluding hydrogens is 554 g/mol. The van der Waals surface area contributed by atoms with Gasteiger partial charge in [-0.15, -0.1) is 0 Å². The van der Waals surface area contributed by atoms with Gasteiger partial charge in [0.05, 0.1) is 18.0 Å². The molecule has 2 aromatic carbocycles. The molecule has 9 heteroatoms. The molecule has 1 N–H and O–H groups in total. The Kier molecular flexibility index (Phi) is 9.15. The standard InChI is InChI=1S/C35H41N5O4/c1-6-40-30-11-10-27(23-31(30)38(5)33(42)35(3,4)34(40)43)44-21-7-16-37-29(26-12-17-36-18-13-26)15-20-39-19-14-25-9-8-24(2)22-28(25)32(39)41/h8-14,17-19,22-23,29,37H,6-7,15-16,20-21H2,1-5H3. The van der Waals surface area contributed by atoms with Gasteiger partial charge in [-0.05, 0) is 94.4 Å². The Bertz CT molecular complexity index is 1720. The number of hydrogen-bond acceptors (Lipinski definition) is 6. The van der Waals surface area contributed by atoms with E-state index in [1.165, 1.54) is 0 Å². The first-order chi connectivity index (χ1) is 21.1. The number of benzene rings is 2. The summed E-state index contributed by atoms with van der Waals surface area (Å²) < 4.78 is 7.88. The predicted molar refractivity (Wildman–Crippen MR) is 174 cm³/mol. The van der Waals surface area contributed by atoms with E-state index in [1.54, 1.807) is 47.7 Å². The molecule has 2 aromatic heterocycles. The maximum atomic E-state index is 13.2. The van der Waals surface area contributed by atoms with Crippen molar-refractivity contribution in [3.63, 3.8) is 0 Å². The number of fused-ring (bicyclic) bond motifs is 2. The topological polar surface area (TPSA) is 96.8 Å². The number of nitrogens with one attached hydrogen (secondary N) is 1. The molecule has 4 aromatic rings. The number of pyridine rings is 2. The van der Waals surface area contributed by atoms with Crippen molar-refractivity contribution in [1.29, 1.82) is 0 Å². The predicted octanol–water partition coefficient (Wildman–Crippen LogP) is 5.25. The molecule has 0 saturated heterocycles. The Morgan fingerprint density at radius 3 is 2.48 bits per heavy atom. The average molecular weight is 596 g/mol. The minimum Gasteiger partial charge on any atom is -0.493 e. The van der Waals surface area contributed by atoms with E-state index in [2.05, 4.69) is 10.3 Å². The van der Waals surface area contributed by atoms with E-state index in [-0.39, 0.29) is 23.4 Å². The van der Waals surface area contributed by atoms with Crippen LogP contribution in [0, 0.1) is 12.3 Å². The fraction of sp³-hybridized carbons (Fsp3) is 0.371. The molecule has 230 valence electrons. The summed E-state index contributed by atoms with van der Waals surface area (Å²) in [6.07, 6.45) is 6.92. The lowest BCUT2D eigenvalue weighted by atomic mass is 9.90. The summed E-state index contributed by atoms with van der Waals surface area (Å²) in [7, 11) is 1.70. The highest BCUT2D eigenvalue weighted by atomic mass is 16.5. The zero-order valence-corrected chi connectivity index (χ0v) is 26.2. The first-order valence-corrected chi connectivity index (χ1v) is 15.2. The molecule has 1 aliphatic heterocycles. The highest BCUT2D eigenvalue weighted by molar-refractivity contribution is 6.20. The molecule has 0 saturated carbocycles. The van der Waals surface area contributed by atoms with E-state index in [1.807, 2.05) is 74.6 Å². The summed E-state index contributed by atoms with van der Waals surface area (Å²) in [6, 6.07) is 17.5. The van der Waals surface area contributed by atoms with E-state index in [0.29, 0.717) is 43.4 Å². The van der Waals surface area contributed by atoms with Crippen LogP contribution in [-0.4, -0.2) is 48.1 Å². The Labute approximate surface area is 258 Å². The zero-order chi connectivity index (χ0) is 31.4. The highest BCUT2D eigenvalue weighted by Crippen LogP contribution is 2.40. The largest absolute Gasteiger partial charge is 0.493 e. The van der Waals surface area contributed by atoms with Gasteiger partial charge in [0.1, 0.15) is 11.2 Å². The van der Waals surface area contributed by atoms with Crippen molar-refractivity contribution in [3.05, 3.63) is 94.7 Å². The molecule has 5 rings (SSSR count). The van der Waals surface area contributed by atoms with Crippen LogP contribution in [0.15, 0.2) is 78.0 Å². The number of carbonyl (C=O) groups excluding carboxylic acids is 2. The van der Waals surface area contributed by atoms with Gasteiger partial charge in [-0.1, -0.05) is 17.7 Å². The van der Waals surface area contributed by atoms with Crippen LogP contribution in [0.2, 0.25) is 0 Å². The second-order valence-electron chi connectivity index (χ2n) is 11.9. The molecule has 44 heavy (non-hydrogen) atoms. The van der Waals surface area contributed by atoms with Crippen LogP contribution in [0.1, 0.15) is 50.8 Å². The van der Waals surface area contributed by atoms with Crippen LogP contribution in [0.3, 0.4) is 0 Å². The van der Waals surface area contributed by atoms with Crippen molar-refractivity contribution in [1.82, 2.24) is 14.9 Å². The Morgan fingerprint density at radius 2 is 1.73 bits per heavy atom. The van der Waals surface area contributed by atoms with E-state index in [0.717, 1.165) is 34.7 Å². The van der Waals surface area contributed by atoms with Gasteiger partial charge in [-0.2, -0.15) is 0 Å². The minimum absolute atomic E-state index is 0.0242. The Hall–Kier alpha value is -4.50. The van der Waals surface area contributed by atoms with Crippen LogP contribution in [0.25, 0.3) is 10.8 Å². The molecule has 0 bridgehead atoms. The minimum atomic E-state index is -1.15. The van der Waals surface area contributed by atoms with Crippen molar-refractivity contribution in [3.8, 4) is 5.75 Å². The van der Waals surface area contributed by atoms with Gasteiger partial charge in [-0.25, -0.2) is 0 Å². The van der Waals surface area contributed by atoms with Crippen LogP contribution < -0.4 is 25.4 Å². The first kappa shape index (κ1) is 30.9. The molecular formula is C35H41N5O4. The number of aryl methyl sites for hydroxylation is 2. The van der Waals surface area contributed by atoms with Gasteiger partial charge in [0.15, 0.2) is 0 Å². The van der Waals surface area contributed by atoms with Crippen molar-refractivity contribution in [2.24, 2.45) is 5.41 Å². The number of hydrogen-bond donors (Lipinski definition) is 1. The number of amides is 2. The van der Waals surface area contributed by atoms with E-state index in [9.17, 15) is 14.4 Å². The van der Waals surface area contributed by atoms with Crippen molar-refractivity contribution >= 4 is 34.0 Å². The molecule has 1 atom stereocenters. The van der Waals surface area contributed by atoms with Crippen molar-refractivity contribution < 1.29 is 14.3 Å². The molecule has 0 radical (unpaired) electrons. The van der Waals surface area contributed by atoms with Gasteiger partial charge >= 0.3 is 0 Å². The van der Waals surface area contributed by atoms with Crippen molar-refractivity contribution in [2.75, 3.05) is 36.5 Å². The lowest BCUT2D eigenvalue weighted by molar-refractivity contribution is -0.137. The fourth-order valence-corrected chi connectivity index (χ4v) is 5.83. The SMILES string of the molecule is CCN1C(=O)C(C)(C)C(=O)N(C)c2cc(OCCCNC(CCn3ccc4ccc(C)cc4c3=O)c3ccncc3)ccc21. The summed E-state index contributed by atoms with van der Waals surface area (Å²) in [4.78, 5) is 46.8. The van der Waals surface area contributed by atoms with Gasteiger partial charge in [0, 0.05) is 56.2 Å². The van der Waals surface area contributed by atoms with Gasteiger partial charge < -0.3 is 24.4 Å². The second kappa shape index (κ2) is 13.0. The van der Waals surface area contributed by atoms with Gasteiger partial charge in [0.25, 0.3) is 5.56 Å². The summed E-state index contributed by atoms with van der Waals surface area (Å²) >= 11 is 0. The smallest absolute Gasteiger partial charge is 0.258 e. The summed E-state index contributed by atoms with van der Waals surface area (Å²) in [5.41, 5.74) is 2.41. The average Bonchev–Trinajstić information content (AvgIpc) is 3.08. The third-order valence-corrected chi connectivity index (χ3v) is 8.42. The summed E-state index contributed by atoms with van der Waals surface area (Å²) in [5, 5.41) is 5.33. The molecule has 1 unspecified atom stereocenters. The molecule has 0 spiro atoms. The lowest BCUT2D eigenvalue weighted by Gasteiger charge is -2.27. The van der Waals surface area contributed by atoms with Gasteiger partial charge in [-0.3, -0.25) is 19.4 Å². The maximum absolute atomic E-state index is 13.2.